The van der Waals surface area contributed by atoms with Gasteiger partial charge in [-0.15, -0.1) is 0 Å². The highest BCUT2D eigenvalue weighted by molar-refractivity contribution is 5.03. The Hall–Kier alpha value is -0.980. The molecule has 3 unspecified atom stereocenters. The van der Waals surface area contributed by atoms with Crippen molar-refractivity contribution in [3.63, 3.8) is 0 Å². The Morgan fingerprint density at radius 1 is 1.45 bits per heavy atom. The molecule has 1 N–H and O–H groups in total. The van der Waals surface area contributed by atoms with Gasteiger partial charge in [0.1, 0.15) is 6.10 Å². The summed E-state index contributed by atoms with van der Waals surface area (Å²) in [6, 6.07) is 0.409. The van der Waals surface area contributed by atoms with Crippen LogP contribution in [0.2, 0.25) is 0 Å². The van der Waals surface area contributed by atoms with Crippen molar-refractivity contribution in [2.75, 3.05) is 32.8 Å². The molecule has 0 aliphatic carbocycles. The number of hydrogen-bond donors (Lipinski definition) is 1. The summed E-state index contributed by atoms with van der Waals surface area (Å²) in [5, 5.41) is 7.56. The fraction of sp³-hybridized carbons (Fsp3) is 0.857. The Morgan fingerprint density at radius 2 is 2.35 bits per heavy atom. The average Bonchev–Trinajstić information content (AvgIpc) is 3.08. The molecule has 0 bridgehead atoms. The fourth-order valence-electron chi connectivity index (χ4n) is 3.10. The van der Waals surface area contributed by atoms with E-state index in [0.717, 1.165) is 51.5 Å². The maximum atomic E-state index is 5.80. The van der Waals surface area contributed by atoms with E-state index in [9.17, 15) is 0 Å². The number of nitrogens with zero attached hydrogens (tertiary/aromatic N) is 3. The number of nitrogens with one attached hydrogen (secondary N) is 1. The summed E-state index contributed by atoms with van der Waals surface area (Å²) in [5.74, 6) is 1.81. The van der Waals surface area contributed by atoms with E-state index in [0.29, 0.717) is 17.8 Å². The summed E-state index contributed by atoms with van der Waals surface area (Å²) in [6.45, 7) is 9.11. The predicted octanol–water partition coefficient (Wildman–Crippen LogP) is 1.32. The molecule has 0 amide bonds. The third-order valence-corrected chi connectivity index (χ3v) is 4.28. The Morgan fingerprint density at radius 3 is 3.10 bits per heavy atom. The van der Waals surface area contributed by atoms with Crippen molar-refractivity contribution >= 4 is 0 Å². The molecule has 0 radical (unpaired) electrons. The van der Waals surface area contributed by atoms with E-state index in [1.54, 1.807) is 0 Å². The van der Waals surface area contributed by atoms with E-state index < -0.39 is 0 Å². The molecule has 2 aliphatic heterocycles. The van der Waals surface area contributed by atoms with Gasteiger partial charge in [-0.25, -0.2) is 0 Å². The van der Waals surface area contributed by atoms with Gasteiger partial charge < -0.3 is 14.6 Å². The van der Waals surface area contributed by atoms with Gasteiger partial charge in [0.05, 0.1) is 12.5 Å². The first-order chi connectivity index (χ1) is 9.78. The van der Waals surface area contributed by atoms with Crippen molar-refractivity contribution in [2.45, 2.75) is 44.8 Å². The van der Waals surface area contributed by atoms with Crippen LogP contribution in [-0.2, 0) is 4.74 Å². The zero-order valence-corrected chi connectivity index (χ0v) is 12.3. The largest absolute Gasteiger partial charge is 0.367 e. The van der Waals surface area contributed by atoms with Crippen LogP contribution >= 0.6 is 0 Å². The van der Waals surface area contributed by atoms with Gasteiger partial charge in [-0.05, 0) is 32.9 Å². The lowest BCUT2D eigenvalue weighted by atomic mass is 10.0. The average molecular weight is 280 g/mol. The van der Waals surface area contributed by atoms with Crippen LogP contribution < -0.4 is 5.32 Å². The van der Waals surface area contributed by atoms with Crippen molar-refractivity contribution in [3.8, 4) is 0 Å². The molecule has 1 aromatic rings. The van der Waals surface area contributed by atoms with Crippen LogP contribution in [0, 0.1) is 0 Å². The van der Waals surface area contributed by atoms with E-state index in [1.165, 1.54) is 0 Å². The van der Waals surface area contributed by atoms with Crippen LogP contribution in [0.4, 0.5) is 0 Å². The third kappa shape index (κ3) is 2.87. The summed E-state index contributed by atoms with van der Waals surface area (Å²) in [4.78, 5) is 7.00. The molecular weight excluding hydrogens is 256 g/mol. The van der Waals surface area contributed by atoms with Crippen molar-refractivity contribution in [1.29, 1.82) is 0 Å². The quantitative estimate of drug-likeness (QED) is 0.897. The highest BCUT2D eigenvalue weighted by Gasteiger charge is 2.32. The Balaban J connectivity index is 1.66. The number of rotatable bonds is 4. The predicted molar refractivity (Wildman–Crippen MR) is 74.5 cm³/mol. The number of ether oxygens (including phenoxy) is 1. The fourth-order valence-corrected chi connectivity index (χ4v) is 3.10. The first-order valence-corrected chi connectivity index (χ1v) is 7.68. The highest BCUT2D eigenvalue weighted by Crippen LogP contribution is 2.28. The first kappa shape index (κ1) is 14.0. The zero-order chi connectivity index (χ0) is 13.9. The third-order valence-electron chi connectivity index (χ3n) is 4.28. The Labute approximate surface area is 119 Å². The molecule has 3 atom stereocenters. The van der Waals surface area contributed by atoms with Gasteiger partial charge in [-0.3, -0.25) is 4.90 Å². The lowest BCUT2D eigenvalue weighted by Gasteiger charge is -2.30. The maximum Gasteiger partial charge on any atom is 0.231 e. The van der Waals surface area contributed by atoms with Crippen molar-refractivity contribution in [1.82, 2.24) is 20.4 Å². The van der Waals surface area contributed by atoms with Gasteiger partial charge in [0.2, 0.25) is 11.7 Å². The minimum absolute atomic E-state index is 0.0440. The van der Waals surface area contributed by atoms with E-state index in [4.69, 9.17) is 9.26 Å². The smallest absolute Gasteiger partial charge is 0.231 e. The molecule has 0 saturated carbocycles. The topological polar surface area (TPSA) is 63.4 Å². The van der Waals surface area contributed by atoms with Crippen LogP contribution in [-0.4, -0.2) is 53.9 Å². The van der Waals surface area contributed by atoms with Crippen LogP contribution in [0.25, 0.3) is 0 Å². The molecule has 6 nitrogen and oxygen atoms in total. The van der Waals surface area contributed by atoms with E-state index in [1.807, 2.05) is 0 Å². The first-order valence-electron chi connectivity index (χ1n) is 7.68. The standard InChI is InChI=1S/C14H24N4O2/c1-3-6-18-7-8-19-12(9-18)13-16-14(20-17-13)11-4-5-15-10(11)2/h10-12,15H,3-9H2,1-2H3. The summed E-state index contributed by atoms with van der Waals surface area (Å²) >= 11 is 0. The molecule has 0 spiro atoms. The molecule has 0 aromatic carbocycles. The normalized spacial score (nSPS) is 31.8. The molecule has 3 heterocycles. The second-order valence-electron chi connectivity index (χ2n) is 5.79. The molecule has 2 saturated heterocycles. The Kier molecular flexibility index (Phi) is 4.33. The summed E-state index contributed by atoms with van der Waals surface area (Å²) < 4.78 is 11.3. The minimum atomic E-state index is -0.0440. The van der Waals surface area contributed by atoms with Gasteiger partial charge in [-0.2, -0.15) is 4.98 Å². The molecule has 2 fully saturated rings. The van der Waals surface area contributed by atoms with Crippen molar-refractivity contribution < 1.29 is 9.26 Å². The molecule has 112 valence electrons. The van der Waals surface area contributed by atoms with Crippen LogP contribution in [0.5, 0.6) is 0 Å². The van der Waals surface area contributed by atoms with E-state index in [-0.39, 0.29) is 6.10 Å². The van der Waals surface area contributed by atoms with E-state index >= 15 is 0 Å². The second-order valence-corrected chi connectivity index (χ2v) is 5.79. The van der Waals surface area contributed by atoms with E-state index in [2.05, 4.69) is 34.2 Å². The summed E-state index contributed by atoms with van der Waals surface area (Å²) in [5.41, 5.74) is 0. The molecule has 6 heteroatoms. The summed E-state index contributed by atoms with van der Waals surface area (Å²) in [7, 11) is 0. The molecule has 3 rings (SSSR count). The molecule has 2 aliphatic rings. The van der Waals surface area contributed by atoms with Gasteiger partial charge in [0.15, 0.2) is 0 Å². The Bertz CT molecular complexity index is 435. The number of hydrogen-bond acceptors (Lipinski definition) is 6. The van der Waals surface area contributed by atoms with Crippen LogP contribution in [0.15, 0.2) is 4.52 Å². The van der Waals surface area contributed by atoms with Gasteiger partial charge in [-0.1, -0.05) is 12.1 Å². The van der Waals surface area contributed by atoms with Gasteiger partial charge >= 0.3 is 0 Å². The summed E-state index contributed by atoms with van der Waals surface area (Å²) in [6.07, 6.45) is 2.18. The maximum absolute atomic E-state index is 5.80. The van der Waals surface area contributed by atoms with Crippen LogP contribution in [0.1, 0.15) is 50.4 Å². The number of aromatic nitrogens is 2. The molecule has 1 aromatic heterocycles. The highest BCUT2D eigenvalue weighted by atomic mass is 16.5. The van der Waals surface area contributed by atoms with Gasteiger partial charge in [0.25, 0.3) is 0 Å². The monoisotopic (exact) mass is 280 g/mol. The molecule has 20 heavy (non-hydrogen) atoms. The number of morpholine rings is 1. The zero-order valence-electron chi connectivity index (χ0n) is 12.3. The van der Waals surface area contributed by atoms with Gasteiger partial charge in [0, 0.05) is 19.1 Å². The SMILES string of the molecule is CCCN1CCOC(c2noc(C3CCNC3C)n2)C1. The van der Waals surface area contributed by atoms with Crippen molar-refractivity contribution in [2.24, 2.45) is 0 Å². The second kappa shape index (κ2) is 6.20. The van der Waals surface area contributed by atoms with Crippen molar-refractivity contribution in [3.05, 3.63) is 11.7 Å². The van der Waals surface area contributed by atoms with Crippen LogP contribution in [0.3, 0.4) is 0 Å². The lowest BCUT2D eigenvalue weighted by molar-refractivity contribution is -0.0350. The molecular formula is C14H24N4O2. The lowest BCUT2D eigenvalue weighted by Crippen LogP contribution is -2.39. The minimum Gasteiger partial charge on any atom is -0.367 e.